The zero-order chi connectivity index (χ0) is 17.2. The summed E-state index contributed by atoms with van der Waals surface area (Å²) in [6, 6.07) is 3.61. The molecule has 1 atom stereocenters. The van der Waals surface area contributed by atoms with Gasteiger partial charge < -0.3 is 19.8 Å². The van der Waals surface area contributed by atoms with Crippen molar-refractivity contribution in [2.24, 2.45) is 0 Å². The number of nitrogens with zero attached hydrogens (tertiary/aromatic N) is 4. The summed E-state index contributed by atoms with van der Waals surface area (Å²) in [5, 5.41) is 11.1. The molecule has 0 spiro atoms. The normalized spacial score (nSPS) is 25.0. The van der Waals surface area contributed by atoms with Gasteiger partial charge in [0, 0.05) is 39.9 Å². The Morgan fingerprint density at radius 3 is 2.75 bits per heavy atom. The summed E-state index contributed by atoms with van der Waals surface area (Å²) in [5.41, 5.74) is -0.119. The Kier molecular flexibility index (Phi) is 5.06. The molecule has 6 nitrogen and oxygen atoms in total. The van der Waals surface area contributed by atoms with E-state index in [1.54, 1.807) is 31.3 Å². The number of hydrogen-bond donors (Lipinski definition) is 1. The fourth-order valence-electron chi connectivity index (χ4n) is 3.84. The number of β-amino-alcohol motifs (C(OH)–C–C–N with tert-alkyl or cyclic N) is 1. The number of aliphatic hydroxyl groups is 1. The maximum atomic E-state index is 12.4. The van der Waals surface area contributed by atoms with E-state index in [0.717, 1.165) is 32.5 Å². The SMILES string of the molecule is CN(C)C(=O)c1cccnc1N1CCC[C@@](O)(CN2CCCC2)C1. The summed E-state index contributed by atoms with van der Waals surface area (Å²) in [5.74, 6) is 0.641. The highest BCUT2D eigenvalue weighted by molar-refractivity contribution is 5.98. The van der Waals surface area contributed by atoms with E-state index >= 15 is 0 Å². The lowest BCUT2D eigenvalue weighted by molar-refractivity contribution is -0.00243. The van der Waals surface area contributed by atoms with Gasteiger partial charge in [0.05, 0.1) is 11.2 Å². The second-order valence-corrected chi connectivity index (χ2v) is 7.31. The van der Waals surface area contributed by atoms with Crippen molar-refractivity contribution in [2.75, 3.05) is 51.7 Å². The molecule has 3 rings (SSSR count). The van der Waals surface area contributed by atoms with Gasteiger partial charge in [-0.1, -0.05) is 0 Å². The second kappa shape index (κ2) is 7.07. The zero-order valence-corrected chi connectivity index (χ0v) is 14.7. The lowest BCUT2D eigenvalue weighted by Crippen LogP contribution is -2.54. The molecule has 0 saturated carbocycles. The number of anilines is 1. The molecule has 2 saturated heterocycles. The lowest BCUT2D eigenvalue weighted by Gasteiger charge is -2.42. The number of amides is 1. The second-order valence-electron chi connectivity index (χ2n) is 7.31. The molecule has 2 fully saturated rings. The van der Waals surface area contributed by atoms with Crippen LogP contribution < -0.4 is 4.90 Å². The smallest absolute Gasteiger partial charge is 0.257 e. The molecule has 3 heterocycles. The molecular weight excluding hydrogens is 304 g/mol. The minimum atomic E-state index is -0.724. The van der Waals surface area contributed by atoms with E-state index in [2.05, 4.69) is 14.8 Å². The Labute approximate surface area is 144 Å². The van der Waals surface area contributed by atoms with Gasteiger partial charge in [-0.15, -0.1) is 0 Å². The van der Waals surface area contributed by atoms with Gasteiger partial charge in [-0.25, -0.2) is 4.98 Å². The maximum Gasteiger partial charge on any atom is 0.257 e. The summed E-state index contributed by atoms with van der Waals surface area (Å²) in [4.78, 5) is 22.9. The van der Waals surface area contributed by atoms with Gasteiger partial charge >= 0.3 is 0 Å². The fourth-order valence-corrected chi connectivity index (χ4v) is 3.84. The van der Waals surface area contributed by atoms with E-state index in [0.29, 0.717) is 24.5 Å². The predicted molar refractivity (Wildman–Crippen MR) is 94.3 cm³/mol. The number of hydrogen-bond acceptors (Lipinski definition) is 5. The molecule has 0 bridgehead atoms. The van der Waals surface area contributed by atoms with Crippen LogP contribution in [0.1, 0.15) is 36.0 Å². The molecular formula is C18H28N4O2. The van der Waals surface area contributed by atoms with E-state index in [-0.39, 0.29) is 5.91 Å². The molecule has 24 heavy (non-hydrogen) atoms. The van der Waals surface area contributed by atoms with Crippen LogP contribution in [0.5, 0.6) is 0 Å². The van der Waals surface area contributed by atoms with Gasteiger partial charge in [0.25, 0.3) is 5.91 Å². The highest BCUT2D eigenvalue weighted by atomic mass is 16.3. The molecule has 0 unspecified atom stereocenters. The Morgan fingerprint density at radius 2 is 2.04 bits per heavy atom. The number of piperidine rings is 1. The molecule has 0 radical (unpaired) electrons. The fraction of sp³-hybridized carbons (Fsp3) is 0.667. The van der Waals surface area contributed by atoms with E-state index in [1.807, 2.05) is 6.07 Å². The van der Waals surface area contributed by atoms with Gasteiger partial charge in [0.1, 0.15) is 5.82 Å². The number of likely N-dealkylation sites (tertiary alicyclic amines) is 1. The van der Waals surface area contributed by atoms with E-state index < -0.39 is 5.60 Å². The Bertz CT molecular complexity index is 586. The standard InChI is InChI=1S/C18H28N4O2/c1-20(2)17(23)15-7-5-9-19-16(15)22-12-6-8-18(24,14-22)13-21-10-3-4-11-21/h5,7,9,24H,3-4,6,8,10-14H2,1-2H3/t18-/m1/s1. The van der Waals surface area contributed by atoms with Crippen LogP contribution >= 0.6 is 0 Å². The molecule has 2 aliphatic rings. The minimum absolute atomic E-state index is 0.0493. The molecule has 0 aromatic carbocycles. The van der Waals surface area contributed by atoms with Gasteiger partial charge in [0.2, 0.25) is 0 Å². The number of pyridine rings is 1. The Morgan fingerprint density at radius 1 is 1.29 bits per heavy atom. The van der Waals surface area contributed by atoms with Crippen molar-refractivity contribution >= 4 is 11.7 Å². The van der Waals surface area contributed by atoms with Crippen molar-refractivity contribution < 1.29 is 9.90 Å². The Balaban J connectivity index is 1.78. The topological polar surface area (TPSA) is 59.9 Å². The van der Waals surface area contributed by atoms with E-state index in [4.69, 9.17) is 0 Å². The van der Waals surface area contributed by atoms with Gasteiger partial charge in [-0.3, -0.25) is 4.79 Å². The molecule has 6 heteroatoms. The van der Waals surface area contributed by atoms with Crippen LogP contribution in [0.15, 0.2) is 18.3 Å². The van der Waals surface area contributed by atoms with Crippen LogP contribution in [0.2, 0.25) is 0 Å². The summed E-state index contributed by atoms with van der Waals surface area (Å²) in [6.07, 6.45) is 5.89. The third kappa shape index (κ3) is 3.70. The number of aromatic nitrogens is 1. The van der Waals surface area contributed by atoms with Crippen molar-refractivity contribution in [1.82, 2.24) is 14.8 Å². The van der Waals surface area contributed by atoms with E-state index in [9.17, 15) is 9.90 Å². The third-order valence-corrected chi connectivity index (χ3v) is 4.99. The number of rotatable bonds is 4. The highest BCUT2D eigenvalue weighted by Gasteiger charge is 2.37. The first-order valence-electron chi connectivity index (χ1n) is 8.85. The molecule has 1 aromatic heterocycles. The van der Waals surface area contributed by atoms with Crippen molar-refractivity contribution in [1.29, 1.82) is 0 Å². The quantitative estimate of drug-likeness (QED) is 0.898. The van der Waals surface area contributed by atoms with Crippen LogP contribution in [0, 0.1) is 0 Å². The van der Waals surface area contributed by atoms with Crippen molar-refractivity contribution in [3.05, 3.63) is 23.9 Å². The molecule has 132 valence electrons. The summed E-state index contributed by atoms with van der Waals surface area (Å²) in [7, 11) is 3.50. The van der Waals surface area contributed by atoms with Crippen LogP contribution in [-0.2, 0) is 0 Å². The van der Waals surface area contributed by atoms with Gasteiger partial charge in [0.15, 0.2) is 0 Å². The lowest BCUT2D eigenvalue weighted by atomic mass is 9.92. The monoisotopic (exact) mass is 332 g/mol. The number of carbonyl (C=O) groups excluding carboxylic acids is 1. The third-order valence-electron chi connectivity index (χ3n) is 4.99. The van der Waals surface area contributed by atoms with Crippen molar-refractivity contribution in [3.8, 4) is 0 Å². The summed E-state index contributed by atoms with van der Waals surface area (Å²) < 4.78 is 0. The van der Waals surface area contributed by atoms with Crippen molar-refractivity contribution in [2.45, 2.75) is 31.3 Å². The predicted octanol–water partition coefficient (Wildman–Crippen LogP) is 1.21. The number of carbonyl (C=O) groups is 1. The van der Waals surface area contributed by atoms with Crippen LogP contribution in [0.4, 0.5) is 5.82 Å². The molecule has 1 N–H and O–H groups in total. The maximum absolute atomic E-state index is 12.4. The van der Waals surface area contributed by atoms with Crippen LogP contribution in [0.3, 0.4) is 0 Å². The zero-order valence-electron chi connectivity index (χ0n) is 14.7. The van der Waals surface area contributed by atoms with Gasteiger partial charge in [-0.2, -0.15) is 0 Å². The van der Waals surface area contributed by atoms with E-state index in [1.165, 1.54) is 12.8 Å². The first kappa shape index (κ1) is 17.2. The first-order valence-corrected chi connectivity index (χ1v) is 8.85. The molecule has 1 aromatic rings. The van der Waals surface area contributed by atoms with Gasteiger partial charge in [-0.05, 0) is 50.9 Å². The minimum Gasteiger partial charge on any atom is -0.387 e. The highest BCUT2D eigenvalue weighted by Crippen LogP contribution is 2.29. The summed E-state index contributed by atoms with van der Waals surface area (Å²) in [6.45, 7) is 4.24. The Hall–Kier alpha value is -1.66. The largest absolute Gasteiger partial charge is 0.387 e. The first-order chi connectivity index (χ1) is 11.5. The van der Waals surface area contributed by atoms with Crippen LogP contribution in [0.25, 0.3) is 0 Å². The molecule has 0 aliphatic carbocycles. The average Bonchev–Trinajstić information content (AvgIpc) is 3.06. The average molecular weight is 332 g/mol. The summed E-state index contributed by atoms with van der Waals surface area (Å²) >= 11 is 0. The molecule has 2 aliphatic heterocycles. The molecule has 1 amide bonds. The van der Waals surface area contributed by atoms with Crippen LogP contribution in [-0.4, -0.2) is 78.2 Å². The van der Waals surface area contributed by atoms with Crippen molar-refractivity contribution in [3.63, 3.8) is 0 Å².